The average Bonchev–Trinajstić information content (AvgIpc) is 3.30. The van der Waals surface area contributed by atoms with E-state index in [1.54, 1.807) is 48.5 Å². The summed E-state index contributed by atoms with van der Waals surface area (Å²) in [5, 5.41) is 12.6. The van der Waals surface area contributed by atoms with Gasteiger partial charge in [0.1, 0.15) is 24.4 Å². The first-order valence-electron chi connectivity index (χ1n) is 9.71. The topological polar surface area (TPSA) is 95.9 Å². The van der Waals surface area contributed by atoms with Crippen LogP contribution in [0.3, 0.4) is 0 Å². The molecule has 2 amide bonds. The van der Waals surface area contributed by atoms with E-state index >= 15 is 0 Å². The van der Waals surface area contributed by atoms with Crippen LogP contribution in [-0.4, -0.2) is 58.9 Å². The molecule has 4 rings (SSSR count). The number of Topliss-reactive ketones (excluding diaryl/α,β-unsaturated/α-hetero) is 1. The Bertz CT molecular complexity index is 978. The monoisotopic (exact) mass is 472 g/mol. The molecule has 2 aromatic rings. The summed E-state index contributed by atoms with van der Waals surface area (Å²) in [7, 11) is 0. The van der Waals surface area contributed by atoms with Gasteiger partial charge in [0.25, 0.3) is 5.91 Å². The number of phenolic OH excluding ortho intramolecular Hbond substituents is 1. The third kappa shape index (κ3) is 4.24. The molecule has 2 N–H and O–H groups in total. The lowest BCUT2D eigenvalue weighted by molar-refractivity contribution is -0.138. The molecule has 0 saturated carbocycles. The molecule has 2 aliphatic heterocycles. The van der Waals surface area contributed by atoms with Gasteiger partial charge in [0.05, 0.1) is 6.10 Å². The summed E-state index contributed by atoms with van der Waals surface area (Å²) in [6, 6.07) is 11.9. The molecule has 156 valence electrons. The molecule has 30 heavy (non-hydrogen) atoms. The number of carbonyl (C=O) groups excluding carboxylic acids is 3. The minimum Gasteiger partial charge on any atom is -0.508 e. The summed E-state index contributed by atoms with van der Waals surface area (Å²) in [5.41, 5.74) is 1.13. The van der Waals surface area contributed by atoms with Gasteiger partial charge in [-0.1, -0.05) is 28.1 Å². The molecule has 2 fully saturated rings. The Hall–Kier alpha value is -2.71. The van der Waals surface area contributed by atoms with Gasteiger partial charge < -0.3 is 20.1 Å². The van der Waals surface area contributed by atoms with Crippen molar-refractivity contribution >= 4 is 33.5 Å². The first-order chi connectivity index (χ1) is 14.4. The van der Waals surface area contributed by atoms with Gasteiger partial charge in [0.2, 0.25) is 5.91 Å². The first kappa shape index (κ1) is 20.6. The molecule has 8 heteroatoms. The zero-order valence-electron chi connectivity index (χ0n) is 16.1. The van der Waals surface area contributed by atoms with Crippen molar-refractivity contribution in [2.75, 3.05) is 13.2 Å². The van der Waals surface area contributed by atoms with Crippen LogP contribution >= 0.6 is 15.9 Å². The summed E-state index contributed by atoms with van der Waals surface area (Å²) in [4.78, 5) is 39.9. The van der Waals surface area contributed by atoms with Crippen molar-refractivity contribution in [1.29, 1.82) is 0 Å². The Morgan fingerprint density at radius 1 is 1.23 bits per heavy atom. The van der Waals surface area contributed by atoms with E-state index in [1.807, 2.05) is 0 Å². The van der Waals surface area contributed by atoms with Gasteiger partial charge in [-0.3, -0.25) is 14.4 Å². The van der Waals surface area contributed by atoms with Crippen LogP contribution in [0, 0.1) is 0 Å². The van der Waals surface area contributed by atoms with Crippen LogP contribution in [0.25, 0.3) is 0 Å². The van der Waals surface area contributed by atoms with Crippen molar-refractivity contribution in [3.05, 3.63) is 64.1 Å². The maximum atomic E-state index is 13.4. The normalized spacial score (nSPS) is 21.4. The number of benzene rings is 2. The number of carbonyl (C=O) groups is 3. The number of phenols is 1. The lowest BCUT2D eigenvalue weighted by Gasteiger charge is -2.27. The molecule has 3 atom stereocenters. The van der Waals surface area contributed by atoms with Crippen LogP contribution in [0.15, 0.2) is 53.0 Å². The molecule has 3 unspecified atom stereocenters. The minimum absolute atomic E-state index is 0.0155. The highest BCUT2D eigenvalue weighted by Crippen LogP contribution is 2.28. The van der Waals surface area contributed by atoms with E-state index in [0.717, 1.165) is 4.47 Å². The molecule has 0 radical (unpaired) electrons. The molecule has 0 spiro atoms. The second-order valence-corrected chi connectivity index (χ2v) is 8.40. The Labute approximate surface area is 182 Å². The number of likely N-dealkylation sites (tertiary alicyclic amines) is 1. The fraction of sp³-hybridized carbons (Fsp3) is 0.318. The number of nitrogens with one attached hydrogen (secondary N) is 1. The van der Waals surface area contributed by atoms with Gasteiger partial charge in [-0.2, -0.15) is 0 Å². The fourth-order valence-corrected chi connectivity index (χ4v) is 4.27. The van der Waals surface area contributed by atoms with Crippen molar-refractivity contribution in [2.45, 2.75) is 31.0 Å². The van der Waals surface area contributed by atoms with Crippen LogP contribution in [-0.2, 0) is 20.7 Å². The van der Waals surface area contributed by atoms with Crippen LogP contribution < -0.4 is 5.32 Å². The largest absolute Gasteiger partial charge is 0.508 e. The van der Waals surface area contributed by atoms with E-state index < -0.39 is 12.1 Å². The predicted octanol–water partition coefficient (Wildman–Crippen LogP) is 2.06. The molecular weight excluding hydrogens is 452 g/mol. The fourth-order valence-electron chi connectivity index (χ4n) is 4.00. The van der Waals surface area contributed by atoms with E-state index in [9.17, 15) is 19.5 Å². The summed E-state index contributed by atoms with van der Waals surface area (Å²) in [5.74, 6) is -0.736. The van der Waals surface area contributed by atoms with Crippen LogP contribution in [0.5, 0.6) is 5.75 Å². The summed E-state index contributed by atoms with van der Waals surface area (Å²) < 4.78 is 6.32. The van der Waals surface area contributed by atoms with Gasteiger partial charge in [-0.15, -0.1) is 0 Å². The van der Waals surface area contributed by atoms with Crippen molar-refractivity contribution in [3.63, 3.8) is 0 Å². The lowest BCUT2D eigenvalue weighted by Crippen LogP contribution is -2.53. The Balaban J connectivity index is 1.57. The minimum atomic E-state index is -0.880. The van der Waals surface area contributed by atoms with E-state index in [4.69, 9.17) is 4.74 Å². The Kier molecular flexibility index (Phi) is 5.87. The van der Waals surface area contributed by atoms with Gasteiger partial charge in [-0.25, -0.2) is 0 Å². The molecule has 2 saturated heterocycles. The van der Waals surface area contributed by atoms with Crippen molar-refractivity contribution in [1.82, 2.24) is 10.2 Å². The van der Waals surface area contributed by atoms with Gasteiger partial charge in [0, 0.05) is 23.0 Å². The van der Waals surface area contributed by atoms with Crippen LogP contribution in [0.4, 0.5) is 0 Å². The summed E-state index contributed by atoms with van der Waals surface area (Å²) in [6.07, 6.45) is 0.519. The summed E-state index contributed by atoms with van der Waals surface area (Å²) in [6.45, 7) is 0.423. The maximum absolute atomic E-state index is 13.4. The van der Waals surface area contributed by atoms with E-state index in [1.165, 1.54) is 4.90 Å². The van der Waals surface area contributed by atoms with E-state index in [-0.39, 0.29) is 42.5 Å². The Morgan fingerprint density at radius 2 is 2.00 bits per heavy atom. The number of nitrogens with zero attached hydrogens (tertiary/aromatic N) is 1. The standard InChI is InChI=1S/C22H21BrN2O5/c23-15-6-4-14(5-7-15)21(28)24-17(11-13-2-1-3-16(26)10-13)22(29)25-9-8-19-20(25)18(27)12-30-19/h1-7,10,17,19-20,26H,8-9,11-12H2,(H,24,28). The molecule has 2 aliphatic rings. The smallest absolute Gasteiger partial charge is 0.251 e. The summed E-state index contributed by atoms with van der Waals surface area (Å²) >= 11 is 3.34. The van der Waals surface area contributed by atoms with Crippen molar-refractivity contribution < 1.29 is 24.2 Å². The van der Waals surface area contributed by atoms with Crippen molar-refractivity contribution in [2.24, 2.45) is 0 Å². The van der Waals surface area contributed by atoms with E-state index in [0.29, 0.717) is 24.1 Å². The quantitative estimate of drug-likeness (QED) is 0.694. The zero-order valence-corrected chi connectivity index (χ0v) is 17.7. The number of halogens is 1. The number of aromatic hydroxyl groups is 1. The number of ketones is 1. The highest BCUT2D eigenvalue weighted by molar-refractivity contribution is 9.10. The van der Waals surface area contributed by atoms with Crippen LogP contribution in [0.1, 0.15) is 22.3 Å². The lowest BCUT2D eigenvalue weighted by atomic mass is 10.0. The highest BCUT2D eigenvalue weighted by Gasteiger charge is 2.48. The van der Waals surface area contributed by atoms with Gasteiger partial charge >= 0.3 is 0 Å². The average molecular weight is 473 g/mol. The maximum Gasteiger partial charge on any atom is 0.251 e. The number of rotatable bonds is 5. The molecule has 0 aliphatic carbocycles. The second-order valence-electron chi connectivity index (χ2n) is 7.49. The van der Waals surface area contributed by atoms with E-state index in [2.05, 4.69) is 21.2 Å². The van der Waals surface area contributed by atoms with Crippen LogP contribution in [0.2, 0.25) is 0 Å². The number of ether oxygens (including phenoxy) is 1. The SMILES string of the molecule is O=C(NC(Cc1cccc(O)c1)C(=O)N1CCC2OCC(=O)C21)c1ccc(Br)cc1. The number of amides is 2. The molecule has 2 aromatic carbocycles. The molecular formula is C22H21BrN2O5. The zero-order chi connectivity index (χ0) is 21.3. The third-order valence-corrected chi connectivity index (χ3v) is 5.98. The Morgan fingerprint density at radius 3 is 2.73 bits per heavy atom. The molecule has 2 heterocycles. The molecule has 0 aromatic heterocycles. The second kappa shape index (κ2) is 8.57. The van der Waals surface area contributed by atoms with Gasteiger partial charge in [0.15, 0.2) is 5.78 Å². The number of hydrogen-bond acceptors (Lipinski definition) is 5. The van der Waals surface area contributed by atoms with Gasteiger partial charge in [-0.05, 0) is 48.4 Å². The first-order valence-corrected chi connectivity index (χ1v) is 10.5. The number of hydrogen-bond donors (Lipinski definition) is 2. The molecule has 0 bridgehead atoms. The van der Waals surface area contributed by atoms with Crippen molar-refractivity contribution in [3.8, 4) is 5.75 Å². The predicted molar refractivity (Wildman–Crippen MR) is 112 cm³/mol. The molecule has 7 nitrogen and oxygen atoms in total. The third-order valence-electron chi connectivity index (χ3n) is 5.46. The highest BCUT2D eigenvalue weighted by atomic mass is 79.9. The number of fused-ring (bicyclic) bond motifs is 1.